The van der Waals surface area contributed by atoms with Gasteiger partial charge >= 0.3 is 0 Å². The van der Waals surface area contributed by atoms with Gasteiger partial charge in [-0.05, 0) is 37.2 Å². The van der Waals surface area contributed by atoms with Gasteiger partial charge in [0.1, 0.15) is 0 Å². The Balaban J connectivity index is 1.62. The average molecular weight is 305 g/mol. The molecule has 3 rings (SSSR count). The number of rotatable bonds is 3. The van der Waals surface area contributed by atoms with E-state index in [1.807, 2.05) is 12.1 Å². The van der Waals surface area contributed by atoms with E-state index in [0.717, 1.165) is 23.4 Å². The maximum absolute atomic E-state index is 11.6. The number of nitrogens with one attached hydrogen (secondary N) is 2. The lowest BCUT2D eigenvalue weighted by molar-refractivity contribution is -0.120. The Bertz CT molecular complexity index is 638. The monoisotopic (exact) mass is 305 g/mol. The van der Waals surface area contributed by atoms with Crippen molar-refractivity contribution in [3.8, 4) is 10.6 Å². The Labute approximate surface area is 124 Å². The molecule has 0 aromatic carbocycles. The van der Waals surface area contributed by atoms with Crippen LogP contribution in [0.4, 0.5) is 5.13 Å². The number of carbonyl (C=O) groups is 1. The lowest BCUT2D eigenvalue weighted by Gasteiger charge is -2.05. The molecule has 20 heavy (non-hydrogen) atoms. The maximum Gasteiger partial charge on any atom is 0.229 e. The third-order valence-corrected chi connectivity index (χ3v) is 3.83. The van der Waals surface area contributed by atoms with Crippen molar-refractivity contribution >= 4 is 39.7 Å². The molecule has 2 N–H and O–H groups in total. The maximum atomic E-state index is 11.6. The van der Waals surface area contributed by atoms with Gasteiger partial charge in [0, 0.05) is 23.9 Å². The van der Waals surface area contributed by atoms with Gasteiger partial charge in [-0.1, -0.05) is 11.3 Å². The summed E-state index contributed by atoms with van der Waals surface area (Å²) < 4.78 is 0. The largest absolute Gasteiger partial charge is 0.307 e. The molecule has 1 saturated carbocycles. The molecule has 2 aromatic rings. The first-order valence-electron chi connectivity index (χ1n) is 6.08. The van der Waals surface area contributed by atoms with E-state index >= 15 is 0 Å². The molecule has 8 heteroatoms. The van der Waals surface area contributed by atoms with Crippen LogP contribution in [0.1, 0.15) is 12.8 Å². The lowest BCUT2D eigenvalue weighted by atomic mass is 10.3. The van der Waals surface area contributed by atoms with Crippen LogP contribution in [0.3, 0.4) is 0 Å². The zero-order valence-corrected chi connectivity index (χ0v) is 12.0. The van der Waals surface area contributed by atoms with E-state index in [4.69, 9.17) is 12.2 Å². The van der Waals surface area contributed by atoms with E-state index in [9.17, 15) is 4.79 Å². The molecule has 1 fully saturated rings. The van der Waals surface area contributed by atoms with Gasteiger partial charge in [-0.25, -0.2) is 0 Å². The van der Waals surface area contributed by atoms with Gasteiger partial charge in [-0.15, -0.1) is 10.2 Å². The van der Waals surface area contributed by atoms with Crippen LogP contribution in [0.5, 0.6) is 0 Å². The number of hydrogen-bond acceptors (Lipinski definition) is 6. The van der Waals surface area contributed by atoms with E-state index in [2.05, 4.69) is 25.8 Å². The molecule has 0 radical (unpaired) electrons. The topological polar surface area (TPSA) is 79.8 Å². The van der Waals surface area contributed by atoms with Crippen molar-refractivity contribution in [2.75, 3.05) is 5.32 Å². The van der Waals surface area contributed by atoms with Crippen molar-refractivity contribution in [3.63, 3.8) is 0 Å². The summed E-state index contributed by atoms with van der Waals surface area (Å²) in [5.41, 5.74) is 0.894. The van der Waals surface area contributed by atoms with Crippen molar-refractivity contribution < 1.29 is 4.79 Å². The van der Waals surface area contributed by atoms with Crippen molar-refractivity contribution in [2.45, 2.75) is 12.8 Å². The first-order chi connectivity index (χ1) is 9.72. The highest BCUT2D eigenvalue weighted by Crippen LogP contribution is 2.29. The molecule has 2 aromatic heterocycles. The fraction of sp³-hybridized carbons (Fsp3) is 0.250. The van der Waals surface area contributed by atoms with Crippen molar-refractivity contribution in [1.29, 1.82) is 0 Å². The molecule has 2 heterocycles. The van der Waals surface area contributed by atoms with E-state index < -0.39 is 0 Å². The summed E-state index contributed by atoms with van der Waals surface area (Å²) in [4.78, 5) is 15.6. The summed E-state index contributed by atoms with van der Waals surface area (Å²) in [6.45, 7) is 0. The van der Waals surface area contributed by atoms with E-state index in [1.165, 1.54) is 11.3 Å². The first kappa shape index (κ1) is 13.1. The van der Waals surface area contributed by atoms with Crippen molar-refractivity contribution in [1.82, 2.24) is 20.5 Å². The number of hydrogen-bond donors (Lipinski definition) is 2. The van der Waals surface area contributed by atoms with E-state index in [1.54, 1.807) is 12.4 Å². The minimum Gasteiger partial charge on any atom is -0.307 e. The minimum absolute atomic E-state index is 0.0282. The number of aromatic nitrogens is 3. The fourth-order valence-corrected chi connectivity index (χ4v) is 2.57. The molecule has 0 aliphatic heterocycles. The van der Waals surface area contributed by atoms with Crippen LogP contribution in [-0.4, -0.2) is 26.2 Å². The molecule has 1 aliphatic carbocycles. The van der Waals surface area contributed by atoms with Crippen LogP contribution in [0.15, 0.2) is 24.5 Å². The second-order valence-corrected chi connectivity index (χ2v) is 5.76. The number of pyridine rings is 1. The molecular formula is C12H11N5OS2. The minimum atomic E-state index is -0.0282. The van der Waals surface area contributed by atoms with Gasteiger partial charge in [0.2, 0.25) is 11.0 Å². The fourth-order valence-electron chi connectivity index (χ4n) is 1.57. The van der Waals surface area contributed by atoms with E-state index in [0.29, 0.717) is 5.13 Å². The van der Waals surface area contributed by atoms with Gasteiger partial charge in [0.15, 0.2) is 10.1 Å². The summed E-state index contributed by atoms with van der Waals surface area (Å²) in [6, 6.07) is 3.74. The van der Waals surface area contributed by atoms with Crippen LogP contribution in [0.25, 0.3) is 10.6 Å². The third-order valence-electron chi connectivity index (χ3n) is 2.74. The highest BCUT2D eigenvalue weighted by atomic mass is 32.1. The Hall–Kier alpha value is -1.93. The second-order valence-electron chi connectivity index (χ2n) is 4.37. The lowest BCUT2D eigenvalue weighted by Crippen LogP contribution is -2.35. The first-order valence-corrected chi connectivity index (χ1v) is 7.30. The molecule has 0 spiro atoms. The summed E-state index contributed by atoms with van der Waals surface area (Å²) in [5.74, 6) is 0.0922. The summed E-state index contributed by atoms with van der Waals surface area (Å²) >= 11 is 6.42. The molecule has 0 bridgehead atoms. The zero-order chi connectivity index (χ0) is 13.9. The standard InChI is InChI=1S/C12H11N5OS2/c18-9(7-3-4-7)14-11(19)15-12-17-16-10(20-12)8-2-1-5-13-6-8/h1-2,5-7H,3-4H2,(H2,14,15,17,18,19). The SMILES string of the molecule is O=C(NC(=S)Nc1nnc(-c2cccnc2)s1)C1CC1. The van der Waals surface area contributed by atoms with Crippen molar-refractivity contribution in [2.24, 2.45) is 5.92 Å². The van der Waals surface area contributed by atoms with Gasteiger partial charge in [-0.2, -0.15) is 0 Å². The van der Waals surface area contributed by atoms with Crippen LogP contribution in [0, 0.1) is 5.92 Å². The quantitative estimate of drug-likeness (QED) is 0.842. The number of thiocarbonyl (C=S) groups is 1. The Morgan fingerprint density at radius 1 is 1.40 bits per heavy atom. The number of amides is 1. The summed E-state index contributed by atoms with van der Waals surface area (Å²) in [5, 5.41) is 15.1. The van der Waals surface area contributed by atoms with Crippen LogP contribution >= 0.6 is 23.6 Å². The van der Waals surface area contributed by atoms with Gasteiger partial charge in [0.05, 0.1) is 0 Å². The van der Waals surface area contributed by atoms with Gasteiger partial charge in [-0.3, -0.25) is 9.78 Å². The molecule has 102 valence electrons. The zero-order valence-electron chi connectivity index (χ0n) is 10.4. The molecule has 0 atom stereocenters. The molecule has 0 saturated heterocycles. The molecular weight excluding hydrogens is 294 g/mol. The van der Waals surface area contributed by atoms with Gasteiger partial charge < -0.3 is 10.6 Å². The highest BCUT2D eigenvalue weighted by molar-refractivity contribution is 7.80. The molecule has 6 nitrogen and oxygen atoms in total. The van der Waals surface area contributed by atoms with Crippen LogP contribution < -0.4 is 10.6 Å². The van der Waals surface area contributed by atoms with Crippen LogP contribution in [0.2, 0.25) is 0 Å². The summed E-state index contributed by atoms with van der Waals surface area (Å²) in [6.07, 6.45) is 5.31. The highest BCUT2D eigenvalue weighted by Gasteiger charge is 2.30. The predicted octanol–water partition coefficient (Wildman–Crippen LogP) is 1.82. The Kier molecular flexibility index (Phi) is 3.66. The smallest absolute Gasteiger partial charge is 0.229 e. The number of carbonyl (C=O) groups excluding carboxylic acids is 1. The predicted molar refractivity (Wildman–Crippen MR) is 80.2 cm³/mol. The third kappa shape index (κ3) is 3.14. The molecule has 0 unspecified atom stereocenters. The number of anilines is 1. The molecule has 1 aliphatic rings. The second kappa shape index (κ2) is 5.59. The van der Waals surface area contributed by atoms with Crippen LogP contribution in [-0.2, 0) is 4.79 Å². The molecule has 1 amide bonds. The average Bonchev–Trinajstić information content (AvgIpc) is 3.21. The summed E-state index contributed by atoms with van der Waals surface area (Å²) in [7, 11) is 0. The number of nitrogens with zero attached hydrogens (tertiary/aromatic N) is 3. The Morgan fingerprint density at radius 3 is 2.95 bits per heavy atom. The van der Waals surface area contributed by atoms with Gasteiger partial charge in [0.25, 0.3) is 0 Å². The van der Waals surface area contributed by atoms with E-state index in [-0.39, 0.29) is 16.9 Å². The van der Waals surface area contributed by atoms with Crippen molar-refractivity contribution in [3.05, 3.63) is 24.5 Å². The normalized spacial score (nSPS) is 13.8. The Morgan fingerprint density at radius 2 is 2.25 bits per heavy atom.